The van der Waals surface area contributed by atoms with Gasteiger partial charge in [0.25, 0.3) is 5.69 Å². The number of allylic oxidation sites excluding steroid dienone is 2. The number of hydrogen-bond donors (Lipinski definition) is 1. The van der Waals surface area contributed by atoms with Crippen molar-refractivity contribution in [1.29, 1.82) is 0 Å². The fraction of sp³-hybridized carbons (Fsp3) is 0.217. The van der Waals surface area contributed by atoms with E-state index >= 15 is 0 Å². The molecule has 1 heterocycles. The highest BCUT2D eigenvalue weighted by atomic mass is 16.6. The van der Waals surface area contributed by atoms with Crippen molar-refractivity contribution in [2.45, 2.75) is 18.4 Å². The van der Waals surface area contributed by atoms with Crippen molar-refractivity contribution in [3.63, 3.8) is 0 Å². The lowest BCUT2D eigenvalue weighted by Crippen LogP contribution is -2.29. The minimum Gasteiger partial charge on any atom is -0.496 e. The van der Waals surface area contributed by atoms with Crippen molar-refractivity contribution < 1.29 is 9.66 Å². The van der Waals surface area contributed by atoms with E-state index in [1.807, 2.05) is 18.2 Å². The van der Waals surface area contributed by atoms with E-state index in [4.69, 9.17) is 4.74 Å². The number of benzene rings is 3. The number of non-ortho nitro benzene ring substituents is 1. The average Bonchev–Trinajstić information content (AvgIpc) is 3.22. The second kappa shape index (κ2) is 6.37. The molecule has 0 spiro atoms. The summed E-state index contributed by atoms with van der Waals surface area (Å²) in [7, 11) is 1.71. The van der Waals surface area contributed by atoms with Crippen LogP contribution in [-0.4, -0.2) is 12.0 Å². The minimum absolute atomic E-state index is 0.0648. The van der Waals surface area contributed by atoms with Crippen molar-refractivity contribution in [3.05, 3.63) is 88.0 Å². The highest BCUT2D eigenvalue weighted by Crippen LogP contribution is 2.52. The first kappa shape index (κ1) is 16.8. The van der Waals surface area contributed by atoms with E-state index in [2.05, 4.69) is 41.7 Å². The highest BCUT2D eigenvalue weighted by molar-refractivity contribution is 5.89. The molecule has 0 radical (unpaired) electrons. The molecule has 0 fully saturated rings. The molecule has 0 bridgehead atoms. The maximum absolute atomic E-state index is 11.2. The van der Waals surface area contributed by atoms with E-state index in [9.17, 15) is 10.1 Å². The lowest BCUT2D eigenvalue weighted by atomic mass is 9.76. The van der Waals surface area contributed by atoms with Gasteiger partial charge in [-0.25, -0.2) is 0 Å². The van der Waals surface area contributed by atoms with Crippen LogP contribution in [0.15, 0.2) is 66.7 Å². The van der Waals surface area contributed by atoms with Gasteiger partial charge in [-0.05, 0) is 40.8 Å². The predicted molar refractivity (Wildman–Crippen MR) is 110 cm³/mol. The molecule has 3 unspecified atom stereocenters. The molecule has 0 saturated carbocycles. The van der Waals surface area contributed by atoms with Crippen LogP contribution >= 0.6 is 0 Å². The number of nitro benzene ring substituents is 1. The average molecular weight is 372 g/mol. The predicted octanol–water partition coefficient (Wildman–Crippen LogP) is 5.58. The molecular weight excluding hydrogens is 352 g/mol. The van der Waals surface area contributed by atoms with Crippen LogP contribution in [0.3, 0.4) is 0 Å². The summed E-state index contributed by atoms with van der Waals surface area (Å²) in [6, 6.07) is 17.6. The zero-order valence-corrected chi connectivity index (χ0v) is 15.5. The first-order valence-corrected chi connectivity index (χ1v) is 9.44. The molecule has 2 aliphatic rings. The summed E-state index contributed by atoms with van der Waals surface area (Å²) in [6.45, 7) is 0. The van der Waals surface area contributed by atoms with Crippen molar-refractivity contribution in [2.24, 2.45) is 5.92 Å². The number of hydrogen-bond acceptors (Lipinski definition) is 4. The van der Waals surface area contributed by atoms with Gasteiger partial charge in [0, 0.05) is 29.3 Å². The molecule has 5 nitrogen and oxygen atoms in total. The van der Waals surface area contributed by atoms with E-state index in [-0.39, 0.29) is 28.5 Å². The van der Waals surface area contributed by atoms with Crippen molar-refractivity contribution in [1.82, 2.24) is 0 Å². The van der Waals surface area contributed by atoms with Crippen LogP contribution in [0.25, 0.3) is 10.8 Å². The normalized spacial score (nSPS) is 22.4. The van der Waals surface area contributed by atoms with Gasteiger partial charge in [-0.1, -0.05) is 42.5 Å². The third kappa shape index (κ3) is 2.47. The summed E-state index contributed by atoms with van der Waals surface area (Å²) >= 11 is 0. The van der Waals surface area contributed by atoms with Crippen molar-refractivity contribution in [2.75, 3.05) is 12.4 Å². The van der Waals surface area contributed by atoms with Gasteiger partial charge in [0.05, 0.1) is 18.1 Å². The number of fused-ring (bicyclic) bond motifs is 4. The molecule has 0 saturated heterocycles. The van der Waals surface area contributed by atoms with E-state index in [0.717, 1.165) is 29.0 Å². The Morgan fingerprint density at radius 1 is 1.14 bits per heavy atom. The number of rotatable bonds is 3. The number of methoxy groups -OCH3 is 1. The maximum Gasteiger partial charge on any atom is 0.269 e. The number of nitrogens with zero attached hydrogens (tertiary/aromatic N) is 1. The summed E-state index contributed by atoms with van der Waals surface area (Å²) in [5, 5.41) is 17.3. The largest absolute Gasteiger partial charge is 0.496 e. The Labute approximate surface area is 162 Å². The van der Waals surface area contributed by atoms with Gasteiger partial charge in [-0.15, -0.1) is 0 Å². The molecule has 3 aromatic carbocycles. The van der Waals surface area contributed by atoms with Crippen LogP contribution in [0.5, 0.6) is 5.75 Å². The van der Waals surface area contributed by atoms with Crippen LogP contribution < -0.4 is 10.1 Å². The molecule has 3 aromatic rings. The zero-order valence-electron chi connectivity index (χ0n) is 15.5. The van der Waals surface area contributed by atoms with Gasteiger partial charge in [0.2, 0.25) is 0 Å². The SMILES string of the molecule is COc1ccc2ccccc2c1C1Nc2ccc([N+](=O)[O-])cc2C2C=CCC21. The molecular formula is C23H20N2O3. The summed E-state index contributed by atoms with van der Waals surface area (Å²) < 4.78 is 5.74. The molecule has 5 rings (SSSR count). The maximum atomic E-state index is 11.2. The molecule has 1 aliphatic carbocycles. The molecule has 1 N–H and O–H groups in total. The number of nitro groups is 1. The molecule has 5 heteroatoms. The number of nitrogens with one attached hydrogen (secondary N) is 1. The molecule has 28 heavy (non-hydrogen) atoms. The molecule has 0 aromatic heterocycles. The second-order valence-corrected chi connectivity index (χ2v) is 7.41. The highest BCUT2D eigenvalue weighted by Gasteiger charge is 2.40. The molecule has 0 amide bonds. The lowest BCUT2D eigenvalue weighted by Gasteiger charge is -2.38. The van der Waals surface area contributed by atoms with Crippen LogP contribution in [0.2, 0.25) is 0 Å². The molecule has 1 aliphatic heterocycles. The second-order valence-electron chi connectivity index (χ2n) is 7.41. The summed E-state index contributed by atoms with van der Waals surface area (Å²) in [4.78, 5) is 10.9. The Morgan fingerprint density at radius 2 is 2.00 bits per heavy atom. The Hall–Kier alpha value is -3.34. The van der Waals surface area contributed by atoms with Crippen LogP contribution in [-0.2, 0) is 0 Å². The fourth-order valence-corrected chi connectivity index (χ4v) is 4.76. The van der Waals surface area contributed by atoms with Crippen LogP contribution in [0.4, 0.5) is 11.4 Å². The van der Waals surface area contributed by atoms with E-state index in [1.165, 1.54) is 10.8 Å². The topological polar surface area (TPSA) is 64.4 Å². The first-order valence-electron chi connectivity index (χ1n) is 9.44. The monoisotopic (exact) mass is 372 g/mol. The summed E-state index contributed by atoms with van der Waals surface area (Å²) in [5.74, 6) is 1.31. The van der Waals surface area contributed by atoms with Crippen molar-refractivity contribution in [3.8, 4) is 5.75 Å². The fourth-order valence-electron chi connectivity index (χ4n) is 4.76. The lowest BCUT2D eigenvalue weighted by molar-refractivity contribution is -0.384. The van der Waals surface area contributed by atoms with Gasteiger partial charge in [-0.3, -0.25) is 10.1 Å². The quantitative estimate of drug-likeness (QED) is 0.370. The number of anilines is 1. The first-order chi connectivity index (χ1) is 13.7. The third-order valence-corrected chi connectivity index (χ3v) is 6.02. The summed E-state index contributed by atoms with van der Waals surface area (Å²) in [5.41, 5.74) is 3.26. The third-order valence-electron chi connectivity index (χ3n) is 6.02. The smallest absolute Gasteiger partial charge is 0.269 e. The van der Waals surface area contributed by atoms with Gasteiger partial charge < -0.3 is 10.1 Å². The van der Waals surface area contributed by atoms with Crippen molar-refractivity contribution >= 4 is 22.1 Å². The van der Waals surface area contributed by atoms with E-state index in [1.54, 1.807) is 19.2 Å². The Morgan fingerprint density at radius 3 is 2.82 bits per heavy atom. The van der Waals surface area contributed by atoms with Gasteiger partial charge in [0.1, 0.15) is 5.75 Å². The van der Waals surface area contributed by atoms with E-state index in [0.29, 0.717) is 0 Å². The Kier molecular flexibility index (Phi) is 3.83. The van der Waals surface area contributed by atoms with Gasteiger partial charge in [-0.2, -0.15) is 0 Å². The summed E-state index contributed by atoms with van der Waals surface area (Å²) in [6.07, 6.45) is 5.31. The molecule has 3 atom stereocenters. The Balaban J connectivity index is 1.69. The standard InChI is InChI=1S/C23H20N2O3/c1-28-21-12-9-14-5-2-3-6-16(14)22(21)23-18-8-4-7-17(18)19-13-15(25(26)27)10-11-20(19)24-23/h2-7,9-13,17-18,23-24H,8H2,1H3. The van der Waals surface area contributed by atoms with E-state index < -0.39 is 0 Å². The number of ether oxygens (including phenoxy) is 1. The van der Waals surface area contributed by atoms with Gasteiger partial charge in [0.15, 0.2) is 0 Å². The minimum atomic E-state index is -0.326. The zero-order chi connectivity index (χ0) is 19.3. The van der Waals surface area contributed by atoms with Gasteiger partial charge >= 0.3 is 0 Å². The van der Waals surface area contributed by atoms with Crippen LogP contribution in [0, 0.1) is 16.0 Å². The van der Waals surface area contributed by atoms with Crippen LogP contribution in [0.1, 0.15) is 29.5 Å². The molecule has 140 valence electrons. The Bertz CT molecular complexity index is 1120.